The van der Waals surface area contributed by atoms with Gasteiger partial charge < -0.3 is 9.83 Å². The van der Waals surface area contributed by atoms with E-state index in [9.17, 15) is 9.82 Å². The summed E-state index contributed by atoms with van der Waals surface area (Å²) in [5.41, 5.74) is 3.06. The zero-order valence-electron chi connectivity index (χ0n) is 11.7. The fraction of sp³-hybridized carbons (Fsp3) is 0.400. The Morgan fingerprint density at radius 3 is 2.40 bits per heavy atom. The van der Waals surface area contributed by atoms with Gasteiger partial charge in [0.15, 0.2) is 5.78 Å². The van der Waals surface area contributed by atoms with Crippen molar-refractivity contribution in [2.45, 2.75) is 19.7 Å². The number of piperidine rings is 1. The summed E-state index contributed by atoms with van der Waals surface area (Å²) in [6.45, 7) is 3.40. The molecule has 0 aliphatic carbocycles. The number of rotatable bonds is 4. The zero-order valence-corrected chi connectivity index (χ0v) is 13.3. The lowest BCUT2D eigenvalue weighted by molar-refractivity contribution is -0.111. The van der Waals surface area contributed by atoms with Crippen LogP contribution in [0.4, 0.5) is 0 Å². The molecule has 1 aliphatic heterocycles. The fourth-order valence-electron chi connectivity index (χ4n) is 2.65. The second kappa shape index (κ2) is 7.20. The van der Waals surface area contributed by atoms with Gasteiger partial charge in [-0.15, -0.1) is 0 Å². The van der Waals surface area contributed by atoms with E-state index >= 15 is 0 Å². The molecular weight excluding hydrogens is 317 g/mol. The quantitative estimate of drug-likeness (QED) is 0.522. The molecule has 1 aromatic rings. The highest BCUT2D eigenvalue weighted by Crippen LogP contribution is 2.28. The van der Waals surface area contributed by atoms with Crippen LogP contribution in [0.5, 0.6) is 0 Å². The third-order valence-electron chi connectivity index (χ3n) is 3.75. The van der Waals surface area contributed by atoms with Gasteiger partial charge in [-0.05, 0) is 38.3 Å². The van der Waals surface area contributed by atoms with Crippen molar-refractivity contribution in [3.8, 4) is 0 Å². The number of Topliss-reactive ketones (excluding diaryl/α,β-unsaturated/α-hetero) is 1. The molecule has 1 aliphatic rings. The molecule has 20 heavy (non-hydrogen) atoms. The SMILES string of the molecule is CB(O)N1CCC(=C(C(=O)CBr)c2ccccc2)CC1. The predicted molar refractivity (Wildman–Crippen MR) is 86.8 cm³/mol. The van der Waals surface area contributed by atoms with E-state index in [1.54, 1.807) is 6.82 Å². The van der Waals surface area contributed by atoms with Crippen molar-refractivity contribution in [1.82, 2.24) is 4.81 Å². The number of carbonyl (C=O) groups is 1. The lowest BCUT2D eigenvalue weighted by Crippen LogP contribution is -2.41. The first kappa shape index (κ1) is 15.5. The number of benzene rings is 1. The van der Waals surface area contributed by atoms with Crippen molar-refractivity contribution in [3.05, 3.63) is 41.5 Å². The van der Waals surface area contributed by atoms with Crippen molar-refractivity contribution in [2.24, 2.45) is 0 Å². The van der Waals surface area contributed by atoms with Crippen LogP contribution in [0.2, 0.25) is 6.82 Å². The Bertz CT molecular complexity index is 492. The van der Waals surface area contributed by atoms with E-state index < -0.39 is 7.05 Å². The monoisotopic (exact) mass is 335 g/mol. The summed E-state index contributed by atoms with van der Waals surface area (Å²) in [4.78, 5) is 14.3. The number of carbonyl (C=O) groups excluding carboxylic acids is 1. The second-order valence-corrected chi connectivity index (χ2v) is 5.63. The van der Waals surface area contributed by atoms with E-state index in [4.69, 9.17) is 0 Å². The van der Waals surface area contributed by atoms with Crippen LogP contribution in [-0.2, 0) is 4.79 Å². The minimum absolute atomic E-state index is 0.136. The topological polar surface area (TPSA) is 40.5 Å². The third-order valence-corrected chi connectivity index (χ3v) is 4.26. The molecule has 0 radical (unpaired) electrons. The minimum atomic E-state index is -0.413. The van der Waals surface area contributed by atoms with Crippen LogP contribution in [0.3, 0.4) is 0 Å². The molecule has 0 saturated carbocycles. The molecule has 0 amide bonds. The molecule has 1 N–H and O–H groups in total. The number of hydrogen-bond donors (Lipinski definition) is 1. The van der Waals surface area contributed by atoms with Gasteiger partial charge >= 0.3 is 7.05 Å². The number of alkyl halides is 1. The largest absolute Gasteiger partial charge is 0.437 e. The van der Waals surface area contributed by atoms with Crippen LogP contribution in [0.1, 0.15) is 18.4 Å². The highest BCUT2D eigenvalue weighted by atomic mass is 79.9. The Morgan fingerprint density at radius 1 is 1.30 bits per heavy atom. The number of halogens is 1. The first-order chi connectivity index (χ1) is 9.63. The van der Waals surface area contributed by atoms with Crippen molar-refractivity contribution < 1.29 is 9.82 Å². The Labute approximate surface area is 128 Å². The van der Waals surface area contributed by atoms with E-state index in [-0.39, 0.29) is 5.78 Å². The molecular formula is C15H19BBrNO2. The van der Waals surface area contributed by atoms with Gasteiger partial charge in [0.1, 0.15) is 0 Å². The number of allylic oxidation sites excluding steroid dienone is 1. The van der Waals surface area contributed by atoms with Gasteiger partial charge in [-0.3, -0.25) is 4.79 Å². The van der Waals surface area contributed by atoms with Crippen LogP contribution in [0.15, 0.2) is 35.9 Å². The lowest BCUT2D eigenvalue weighted by Gasteiger charge is -2.30. The molecule has 0 aromatic heterocycles. The van der Waals surface area contributed by atoms with Crippen LogP contribution < -0.4 is 0 Å². The first-order valence-corrected chi connectivity index (χ1v) is 8.04. The van der Waals surface area contributed by atoms with Crippen LogP contribution in [0, 0.1) is 0 Å². The molecule has 0 bridgehead atoms. The van der Waals surface area contributed by atoms with Crippen molar-refractivity contribution in [2.75, 3.05) is 18.4 Å². The van der Waals surface area contributed by atoms with Crippen molar-refractivity contribution >= 4 is 34.3 Å². The Kier molecular flexibility index (Phi) is 5.58. The van der Waals surface area contributed by atoms with E-state index in [1.807, 2.05) is 35.1 Å². The molecule has 0 unspecified atom stereocenters. The van der Waals surface area contributed by atoms with Crippen LogP contribution >= 0.6 is 15.9 Å². The van der Waals surface area contributed by atoms with Gasteiger partial charge in [-0.25, -0.2) is 0 Å². The zero-order chi connectivity index (χ0) is 14.5. The maximum Gasteiger partial charge on any atom is 0.376 e. The fourth-order valence-corrected chi connectivity index (χ4v) is 2.93. The number of ketones is 1. The Balaban J connectivity index is 2.28. The average Bonchev–Trinajstić information content (AvgIpc) is 2.49. The van der Waals surface area contributed by atoms with E-state index in [0.717, 1.165) is 37.1 Å². The lowest BCUT2D eigenvalue weighted by atomic mass is 9.81. The molecule has 3 nitrogen and oxygen atoms in total. The average molecular weight is 336 g/mol. The van der Waals surface area contributed by atoms with E-state index in [2.05, 4.69) is 15.9 Å². The molecule has 0 spiro atoms. The summed E-state index contributed by atoms with van der Waals surface area (Å²) >= 11 is 3.28. The molecule has 1 aromatic carbocycles. The standard InChI is InChI=1S/C15H19BBrNO2/c1-16(20)18-9-7-13(8-10-18)15(14(19)11-17)12-5-3-2-4-6-12/h2-6,20H,7-11H2,1H3. The highest BCUT2D eigenvalue weighted by molar-refractivity contribution is 9.09. The minimum Gasteiger partial charge on any atom is -0.437 e. The molecule has 1 fully saturated rings. The molecule has 106 valence electrons. The predicted octanol–water partition coefficient (Wildman–Crippen LogP) is 2.61. The molecule has 1 heterocycles. The van der Waals surface area contributed by atoms with Gasteiger partial charge in [-0.2, -0.15) is 0 Å². The summed E-state index contributed by atoms with van der Waals surface area (Å²) in [7, 11) is -0.413. The smallest absolute Gasteiger partial charge is 0.376 e. The maximum atomic E-state index is 12.3. The number of hydrogen-bond acceptors (Lipinski definition) is 3. The normalized spacial score (nSPS) is 16.1. The summed E-state index contributed by atoms with van der Waals surface area (Å²) in [5, 5.41) is 9.96. The van der Waals surface area contributed by atoms with Crippen LogP contribution in [0.25, 0.3) is 5.57 Å². The summed E-state index contributed by atoms with van der Waals surface area (Å²) in [6.07, 6.45) is 1.68. The molecule has 1 saturated heterocycles. The highest BCUT2D eigenvalue weighted by Gasteiger charge is 2.24. The summed E-state index contributed by atoms with van der Waals surface area (Å²) in [5.74, 6) is 0.136. The Morgan fingerprint density at radius 2 is 1.90 bits per heavy atom. The molecule has 5 heteroatoms. The van der Waals surface area contributed by atoms with Crippen molar-refractivity contribution in [1.29, 1.82) is 0 Å². The van der Waals surface area contributed by atoms with E-state index in [1.165, 1.54) is 5.57 Å². The third kappa shape index (κ3) is 3.60. The summed E-state index contributed by atoms with van der Waals surface area (Å²) in [6, 6.07) is 9.86. The number of nitrogens with zero attached hydrogens (tertiary/aromatic N) is 1. The van der Waals surface area contributed by atoms with Gasteiger partial charge in [0, 0.05) is 5.57 Å². The van der Waals surface area contributed by atoms with Gasteiger partial charge in [0.25, 0.3) is 0 Å². The van der Waals surface area contributed by atoms with E-state index in [0.29, 0.717) is 5.33 Å². The molecule has 2 rings (SSSR count). The van der Waals surface area contributed by atoms with Crippen LogP contribution in [-0.4, -0.2) is 41.1 Å². The Hall–Kier alpha value is -0.905. The van der Waals surface area contributed by atoms with Gasteiger partial charge in [0.05, 0.1) is 5.33 Å². The van der Waals surface area contributed by atoms with Crippen molar-refractivity contribution in [3.63, 3.8) is 0 Å². The first-order valence-electron chi connectivity index (χ1n) is 6.92. The van der Waals surface area contributed by atoms with Gasteiger partial charge in [-0.1, -0.05) is 51.8 Å². The second-order valence-electron chi connectivity index (χ2n) is 5.07. The van der Waals surface area contributed by atoms with Gasteiger partial charge in [0.2, 0.25) is 0 Å². The summed E-state index contributed by atoms with van der Waals surface area (Å²) < 4.78 is 0. The molecule has 0 atom stereocenters. The maximum absolute atomic E-state index is 12.3.